The Morgan fingerprint density at radius 3 is 2.36 bits per heavy atom. The molecule has 0 N–H and O–H groups in total. The van der Waals surface area contributed by atoms with Gasteiger partial charge in [-0.1, -0.05) is 30.3 Å². The van der Waals surface area contributed by atoms with Crippen LogP contribution in [0, 0.1) is 0 Å². The normalized spacial score (nSPS) is 19.7. The molecule has 0 unspecified atom stereocenters. The van der Waals surface area contributed by atoms with Gasteiger partial charge in [0.1, 0.15) is 0 Å². The molecule has 0 aliphatic carbocycles. The van der Waals surface area contributed by atoms with Crippen molar-refractivity contribution < 1.29 is 4.48 Å². The van der Waals surface area contributed by atoms with Crippen LogP contribution in [0.3, 0.4) is 0 Å². The summed E-state index contributed by atoms with van der Waals surface area (Å²) in [7, 11) is 0. The zero-order valence-electron chi connectivity index (χ0n) is 6.20. The number of hydrogen-bond acceptors (Lipinski definition) is 1. The molecule has 1 saturated heterocycles. The summed E-state index contributed by atoms with van der Waals surface area (Å²) in [4.78, 5) is 0. The second-order valence-electron chi connectivity index (χ2n) is 2.94. The molecule has 11 heavy (non-hydrogen) atoms. The van der Waals surface area contributed by atoms with Crippen molar-refractivity contribution in [3.63, 3.8) is 0 Å². The molecule has 1 nitrogen and oxygen atoms in total. The molecular weight excluding hydrogens is 141 g/mol. The first-order valence-corrected chi connectivity index (χ1v) is 3.82. The van der Waals surface area contributed by atoms with E-state index in [4.69, 9.17) is 0 Å². The molecule has 1 aliphatic rings. The third-order valence-corrected chi connectivity index (χ3v) is 2.11. The highest BCUT2D eigenvalue weighted by atomic mass is 19.2. The van der Waals surface area contributed by atoms with Gasteiger partial charge in [-0.2, -0.15) is 0 Å². The molecule has 0 atom stereocenters. The minimum atomic E-state index is 0.418. The zero-order chi connectivity index (χ0) is 7.68. The van der Waals surface area contributed by atoms with Crippen LogP contribution in [0.1, 0.15) is 11.5 Å². The molecule has 1 fully saturated rings. The van der Waals surface area contributed by atoms with Crippen LogP contribution in [-0.2, 0) is 0 Å². The molecule has 58 valence electrons. The van der Waals surface area contributed by atoms with E-state index in [9.17, 15) is 4.48 Å². The van der Waals surface area contributed by atoms with Crippen molar-refractivity contribution in [2.45, 2.75) is 5.92 Å². The Bertz CT molecular complexity index is 229. The summed E-state index contributed by atoms with van der Waals surface area (Å²) in [5.74, 6) is 0.418. The predicted molar refractivity (Wildman–Crippen MR) is 41.9 cm³/mol. The second kappa shape index (κ2) is 2.62. The number of nitrogens with zero attached hydrogens (tertiary/aromatic N) is 1. The largest absolute Gasteiger partial charge is 0.145 e. The lowest BCUT2D eigenvalue weighted by atomic mass is 9.94. The molecule has 1 aliphatic heterocycles. The first kappa shape index (κ1) is 6.80. The maximum absolute atomic E-state index is 12.3. The molecule has 1 heterocycles. The Morgan fingerprint density at radius 1 is 1.18 bits per heavy atom. The van der Waals surface area contributed by atoms with Crippen molar-refractivity contribution >= 4 is 0 Å². The Morgan fingerprint density at radius 2 is 1.82 bits per heavy atom. The van der Waals surface area contributed by atoms with E-state index in [1.807, 2.05) is 18.2 Å². The summed E-state index contributed by atoms with van der Waals surface area (Å²) in [6.07, 6.45) is 0. The Hall–Kier alpha value is -0.890. The van der Waals surface area contributed by atoms with E-state index in [0.29, 0.717) is 19.0 Å². The van der Waals surface area contributed by atoms with Gasteiger partial charge in [0.25, 0.3) is 0 Å². The van der Waals surface area contributed by atoms with Crippen molar-refractivity contribution in [3.05, 3.63) is 35.9 Å². The topological polar surface area (TPSA) is 3.24 Å². The van der Waals surface area contributed by atoms with Crippen LogP contribution in [0.25, 0.3) is 0 Å². The van der Waals surface area contributed by atoms with E-state index in [1.54, 1.807) is 0 Å². The zero-order valence-corrected chi connectivity index (χ0v) is 6.20. The fourth-order valence-electron chi connectivity index (χ4n) is 1.36. The van der Waals surface area contributed by atoms with Gasteiger partial charge in [-0.3, -0.25) is 0 Å². The highest BCUT2D eigenvalue weighted by Crippen LogP contribution is 2.26. The average molecular weight is 151 g/mol. The maximum atomic E-state index is 12.3. The molecule has 0 amide bonds. The maximum Gasteiger partial charge on any atom is 0.0372 e. The summed E-state index contributed by atoms with van der Waals surface area (Å²) in [5, 5.41) is 0.845. The van der Waals surface area contributed by atoms with Crippen LogP contribution in [0.15, 0.2) is 30.3 Å². The molecule has 0 radical (unpaired) electrons. The van der Waals surface area contributed by atoms with Gasteiger partial charge in [-0.05, 0) is 5.56 Å². The lowest BCUT2D eigenvalue weighted by molar-refractivity contribution is -0.0515. The monoisotopic (exact) mass is 151 g/mol. The molecule has 0 saturated carbocycles. The summed E-state index contributed by atoms with van der Waals surface area (Å²) < 4.78 is 12.3. The molecule has 2 rings (SSSR count). The Labute approximate surface area is 65.4 Å². The van der Waals surface area contributed by atoms with E-state index >= 15 is 0 Å². The van der Waals surface area contributed by atoms with Crippen LogP contribution in [0.4, 0.5) is 4.48 Å². The van der Waals surface area contributed by atoms with Gasteiger partial charge in [0.15, 0.2) is 0 Å². The van der Waals surface area contributed by atoms with Crippen LogP contribution < -0.4 is 0 Å². The van der Waals surface area contributed by atoms with E-state index in [2.05, 4.69) is 12.1 Å². The van der Waals surface area contributed by atoms with Crippen LogP contribution in [-0.4, -0.2) is 18.2 Å². The van der Waals surface area contributed by atoms with Crippen molar-refractivity contribution in [3.8, 4) is 0 Å². The lowest BCUT2D eigenvalue weighted by Gasteiger charge is -2.31. The van der Waals surface area contributed by atoms with Crippen LogP contribution in [0.5, 0.6) is 0 Å². The average Bonchev–Trinajstić information content (AvgIpc) is 2.01. The second-order valence-corrected chi connectivity index (χ2v) is 2.94. The molecule has 1 aromatic carbocycles. The van der Waals surface area contributed by atoms with Crippen LogP contribution >= 0.6 is 0 Å². The van der Waals surface area contributed by atoms with Gasteiger partial charge in [0.2, 0.25) is 0 Å². The smallest absolute Gasteiger partial charge is 0.0372 e. The van der Waals surface area contributed by atoms with Gasteiger partial charge in [0.05, 0.1) is 0 Å². The van der Waals surface area contributed by atoms with Crippen molar-refractivity contribution in [1.29, 1.82) is 0 Å². The van der Waals surface area contributed by atoms with Crippen molar-refractivity contribution in [2.75, 3.05) is 13.1 Å². The standard InChI is InChI=1S/C9H10FN/c10-11-6-9(7-11)8-4-2-1-3-5-8/h1-5,9H,6-7H2. The minimum Gasteiger partial charge on any atom is -0.145 e. The Kier molecular flexibility index (Phi) is 1.62. The molecule has 1 aromatic rings. The third kappa shape index (κ3) is 1.26. The van der Waals surface area contributed by atoms with Crippen molar-refractivity contribution in [2.24, 2.45) is 0 Å². The van der Waals surface area contributed by atoms with Gasteiger partial charge in [0, 0.05) is 19.0 Å². The van der Waals surface area contributed by atoms with Crippen LogP contribution in [0.2, 0.25) is 0 Å². The molecule has 0 bridgehead atoms. The summed E-state index contributed by atoms with van der Waals surface area (Å²) in [5.41, 5.74) is 1.25. The van der Waals surface area contributed by atoms with E-state index in [0.717, 1.165) is 5.12 Å². The fraction of sp³-hybridized carbons (Fsp3) is 0.333. The number of rotatable bonds is 1. The minimum absolute atomic E-state index is 0.418. The van der Waals surface area contributed by atoms with Gasteiger partial charge >= 0.3 is 0 Å². The molecule has 0 aromatic heterocycles. The van der Waals surface area contributed by atoms with E-state index in [-0.39, 0.29) is 0 Å². The fourth-order valence-corrected chi connectivity index (χ4v) is 1.36. The predicted octanol–water partition coefficient (Wildman–Crippen LogP) is 1.97. The van der Waals surface area contributed by atoms with E-state index in [1.165, 1.54) is 5.56 Å². The number of hydrogen-bond donors (Lipinski definition) is 0. The highest BCUT2D eigenvalue weighted by Gasteiger charge is 2.27. The quantitative estimate of drug-likeness (QED) is 0.555. The molecule has 2 heteroatoms. The first-order chi connectivity index (χ1) is 5.36. The summed E-state index contributed by atoms with van der Waals surface area (Å²) in [6.45, 7) is 1.12. The first-order valence-electron chi connectivity index (χ1n) is 3.82. The van der Waals surface area contributed by atoms with Gasteiger partial charge < -0.3 is 0 Å². The van der Waals surface area contributed by atoms with Gasteiger partial charge in [-0.15, -0.1) is 9.60 Å². The van der Waals surface area contributed by atoms with E-state index < -0.39 is 0 Å². The molecule has 0 spiro atoms. The number of benzene rings is 1. The number of halogens is 1. The van der Waals surface area contributed by atoms with Gasteiger partial charge in [-0.25, -0.2) is 0 Å². The summed E-state index contributed by atoms with van der Waals surface area (Å²) in [6, 6.07) is 10.1. The highest BCUT2D eigenvalue weighted by molar-refractivity contribution is 5.21. The molecular formula is C9H10FN. The lowest BCUT2D eigenvalue weighted by Crippen LogP contribution is -2.38. The summed E-state index contributed by atoms with van der Waals surface area (Å²) >= 11 is 0. The third-order valence-electron chi connectivity index (χ3n) is 2.11. The van der Waals surface area contributed by atoms with Crippen molar-refractivity contribution in [1.82, 2.24) is 5.12 Å². The SMILES string of the molecule is FN1CC(c2ccccc2)C1. The Balaban J connectivity index is 2.08.